The van der Waals surface area contributed by atoms with Crippen LogP contribution in [0.3, 0.4) is 0 Å². The molecule has 0 fully saturated rings. The third-order valence-corrected chi connectivity index (χ3v) is 1.73. The summed E-state index contributed by atoms with van der Waals surface area (Å²) in [7, 11) is 0. The van der Waals surface area contributed by atoms with Crippen LogP contribution >= 0.6 is 0 Å². The molecule has 0 bridgehead atoms. The molecule has 0 aliphatic rings. The summed E-state index contributed by atoms with van der Waals surface area (Å²) in [6, 6.07) is 4.81. The van der Waals surface area contributed by atoms with E-state index in [1.807, 2.05) is 0 Å². The highest BCUT2D eigenvalue weighted by Crippen LogP contribution is 2.20. The van der Waals surface area contributed by atoms with E-state index in [1.54, 1.807) is 18.2 Å². The quantitative estimate of drug-likeness (QED) is 0.665. The van der Waals surface area contributed by atoms with Gasteiger partial charge < -0.3 is 10.7 Å². The molecular formula is C8H7F2N3. The number of nitrogens with one attached hydrogen (secondary N) is 1. The highest BCUT2D eigenvalue weighted by Gasteiger charge is 2.11. The summed E-state index contributed by atoms with van der Waals surface area (Å²) >= 11 is 0. The molecule has 0 unspecified atom stereocenters. The highest BCUT2D eigenvalue weighted by molar-refractivity contribution is 5.78. The average Bonchev–Trinajstić information content (AvgIpc) is 2.46. The molecule has 3 N–H and O–H groups in total. The fraction of sp³-hybridized carbons (Fsp3) is 0.125. The van der Waals surface area contributed by atoms with E-state index in [2.05, 4.69) is 9.97 Å². The number of imidazole rings is 1. The number of anilines is 1. The second-order valence-corrected chi connectivity index (χ2v) is 2.70. The SMILES string of the molecule is Nc1ccc2nc(C(F)F)[nH]c2c1. The zero-order valence-electron chi connectivity index (χ0n) is 6.59. The number of nitrogens with zero attached hydrogens (tertiary/aromatic N) is 1. The first-order valence-electron chi connectivity index (χ1n) is 3.70. The lowest BCUT2D eigenvalue weighted by atomic mass is 10.3. The van der Waals surface area contributed by atoms with E-state index in [4.69, 9.17) is 5.73 Å². The predicted octanol–water partition coefficient (Wildman–Crippen LogP) is 2.08. The molecule has 0 radical (unpaired) electrons. The van der Waals surface area contributed by atoms with Crippen molar-refractivity contribution in [2.45, 2.75) is 6.43 Å². The zero-order chi connectivity index (χ0) is 9.42. The summed E-state index contributed by atoms with van der Waals surface area (Å²) in [6.45, 7) is 0. The average molecular weight is 183 g/mol. The Morgan fingerprint density at radius 2 is 2.15 bits per heavy atom. The lowest BCUT2D eigenvalue weighted by molar-refractivity contribution is 0.142. The van der Waals surface area contributed by atoms with Gasteiger partial charge in [0.05, 0.1) is 11.0 Å². The van der Waals surface area contributed by atoms with Crippen molar-refractivity contribution in [3.63, 3.8) is 0 Å². The predicted molar refractivity (Wildman–Crippen MR) is 45.5 cm³/mol. The number of alkyl halides is 2. The number of fused-ring (bicyclic) bond motifs is 1. The number of aromatic nitrogens is 2. The first-order chi connectivity index (χ1) is 6.16. The summed E-state index contributed by atoms with van der Waals surface area (Å²) in [5.74, 6) is -0.319. The molecule has 0 spiro atoms. The van der Waals surface area contributed by atoms with Crippen LogP contribution in [0, 0.1) is 0 Å². The van der Waals surface area contributed by atoms with Crippen molar-refractivity contribution in [3.05, 3.63) is 24.0 Å². The second kappa shape index (κ2) is 2.69. The molecule has 68 valence electrons. The van der Waals surface area contributed by atoms with Gasteiger partial charge in [-0.3, -0.25) is 0 Å². The van der Waals surface area contributed by atoms with Crippen LogP contribution in [0.1, 0.15) is 12.2 Å². The van der Waals surface area contributed by atoms with Crippen molar-refractivity contribution >= 4 is 16.7 Å². The minimum absolute atomic E-state index is 0.319. The summed E-state index contributed by atoms with van der Waals surface area (Å²) in [5, 5.41) is 0. The maximum Gasteiger partial charge on any atom is 0.295 e. The first-order valence-corrected chi connectivity index (χ1v) is 3.70. The Bertz CT molecular complexity index is 436. The molecular weight excluding hydrogens is 176 g/mol. The molecule has 5 heteroatoms. The van der Waals surface area contributed by atoms with Crippen LogP contribution in [0.5, 0.6) is 0 Å². The van der Waals surface area contributed by atoms with Crippen molar-refractivity contribution < 1.29 is 8.78 Å². The maximum atomic E-state index is 12.2. The summed E-state index contributed by atoms with van der Waals surface area (Å²) < 4.78 is 24.4. The van der Waals surface area contributed by atoms with Gasteiger partial charge in [0.1, 0.15) is 0 Å². The van der Waals surface area contributed by atoms with Gasteiger partial charge in [-0.2, -0.15) is 0 Å². The standard InChI is InChI=1S/C8H7F2N3/c9-7(10)8-12-5-2-1-4(11)3-6(5)13-8/h1-3,7H,11H2,(H,12,13). The van der Waals surface area contributed by atoms with E-state index in [-0.39, 0.29) is 5.82 Å². The van der Waals surface area contributed by atoms with E-state index >= 15 is 0 Å². The molecule has 0 atom stereocenters. The molecule has 3 nitrogen and oxygen atoms in total. The Morgan fingerprint density at radius 1 is 1.38 bits per heavy atom. The maximum absolute atomic E-state index is 12.2. The fourth-order valence-corrected chi connectivity index (χ4v) is 1.15. The Balaban J connectivity index is 2.62. The van der Waals surface area contributed by atoms with Crippen LogP contribution < -0.4 is 5.73 Å². The van der Waals surface area contributed by atoms with Gasteiger partial charge in [-0.15, -0.1) is 0 Å². The Labute approximate surface area is 72.6 Å². The number of rotatable bonds is 1. The van der Waals surface area contributed by atoms with Crippen LogP contribution in [0.2, 0.25) is 0 Å². The molecule has 13 heavy (non-hydrogen) atoms. The minimum Gasteiger partial charge on any atom is -0.399 e. The van der Waals surface area contributed by atoms with E-state index in [1.165, 1.54) is 0 Å². The number of nitrogens with two attached hydrogens (primary N) is 1. The molecule has 2 aromatic rings. The Hall–Kier alpha value is -1.65. The van der Waals surface area contributed by atoms with E-state index in [9.17, 15) is 8.78 Å². The third-order valence-electron chi connectivity index (χ3n) is 1.73. The van der Waals surface area contributed by atoms with E-state index in [0.717, 1.165) is 0 Å². The Morgan fingerprint density at radius 3 is 2.85 bits per heavy atom. The van der Waals surface area contributed by atoms with Gasteiger partial charge in [0.2, 0.25) is 0 Å². The number of nitrogen functional groups attached to an aromatic ring is 1. The number of H-pyrrole nitrogens is 1. The lowest BCUT2D eigenvalue weighted by Crippen LogP contribution is -1.85. The van der Waals surface area contributed by atoms with Gasteiger partial charge in [0, 0.05) is 5.69 Å². The monoisotopic (exact) mass is 183 g/mol. The van der Waals surface area contributed by atoms with Crippen LogP contribution in [-0.4, -0.2) is 9.97 Å². The van der Waals surface area contributed by atoms with E-state index in [0.29, 0.717) is 16.7 Å². The largest absolute Gasteiger partial charge is 0.399 e. The number of benzene rings is 1. The van der Waals surface area contributed by atoms with E-state index < -0.39 is 6.43 Å². The molecule has 0 aliphatic carbocycles. The lowest BCUT2D eigenvalue weighted by Gasteiger charge is -1.90. The molecule has 1 heterocycles. The summed E-state index contributed by atoms with van der Waals surface area (Å²) in [6.07, 6.45) is -2.58. The molecule has 2 rings (SSSR count). The molecule has 1 aromatic carbocycles. The smallest absolute Gasteiger partial charge is 0.295 e. The topological polar surface area (TPSA) is 54.7 Å². The van der Waals surface area contributed by atoms with Gasteiger partial charge in [-0.25, -0.2) is 13.8 Å². The van der Waals surface area contributed by atoms with Crippen molar-refractivity contribution in [2.75, 3.05) is 5.73 Å². The molecule has 0 amide bonds. The highest BCUT2D eigenvalue weighted by atomic mass is 19.3. The summed E-state index contributed by atoms with van der Waals surface area (Å²) in [5.41, 5.74) is 7.04. The van der Waals surface area contributed by atoms with Gasteiger partial charge in [-0.1, -0.05) is 0 Å². The van der Waals surface area contributed by atoms with Gasteiger partial charge in [-0.05, 0) is 18.2 Å². The molecule has 0 aliphatic heterocycles. The van der Waals surface area contributed by atoms with Crippen molar-refractivity contribution in [2.24, 2.45) is 0 Å². The van der Waals surface area contributed by atoms with Crippen molar-refractivity contribution in [1.82, 2.24) is 9.97 Å². The number of aromatic amines is 1. The first kappa shape index (κ1) is 7.97. The molecule has 0 saturated carbocycles. The van der Waals surface area contributed by atoms with Crippen molar-refractivity contribution in [3.8, 4) is 0 Å². The summed E-state index contributed by atoms with van der Waals surface area (Å²) in [4.78, 5) is 6.19. The molecule has 0 saturated heterocycles. The van der Waals surface area contributed by atoms with Crippen LogP contribution in [-0.2, 0) is 0 Å². The fourth-order valence-electron chi connectivity index (χ4n) is 1.15. The van der Waals surface area contributed by atoms with Crippen LogP contribution in [0.25, 0.3) is 11.0 Å². The van der Waals surface area contributed by atoms with Gasteiger partial charge in [0.25, 0.3) is 6.43 Å². The zero-order valence-corrected chi connectivity index (χ0v) is 6.59. The number of hydrogen-bond donors (Lipinski definition) is 2. The van der Waals surface area contributed by atoms with Gasteiger partial charge >= 0.3 is 0 Å². The normalized spacial score (nSPS) is 11.3. The second-order valence-electron chi connectivity index (χ2n) is 2.70. The van der Waals surface area contributed by atoms with Crippen LogP contribution in [0.15, 0.2) is 18.2 Å². The van der Waals surface area contributed by atoms with Gasteiger partial charge in [0.15, 0.2) is 5.82 Å². The molecule has 1 aromatic heterocycles. The van der Waals surface area contributed by atoms with Crippen LogP contribution in [0.4, 0.5) is 14.5 Å². The third kappa shape index (κ3) is 1.32. The minimum atomic E-state index is -2.58. The van der Waals surface area contributed by atoms with Crippen molar-refractivity contribution in [1.29, 1.82) is 0 Å². The number of halogens is 2. The number of hydrogen-bond acceptors (Lipinski definition) is 2. The Kier molecular flexibility index (Phi) is 1.65.